The maximum atomic E-state index is 12.9. The third-order valence-electron chi connectivity index (χ3n) is 4.81. The smallest absolute Gasteiger partial charge is 0.340 e. The van der Waals surface area contributed by atoms with Crippen molar-refractivity contribution in [3.63, 3.8) is 0 Å². The fourth-order valence-electron chi connectivity index (χ4n) is 3.04. The van der Waals surface area contributed by atoms with Crippen LogP contribution >= 0.6 is 0 Å². The molecule has 8 heteroatoms. The number of ether oxygens (including phenoxy) is 2. The number of rotatable bonds is 6. The number of benzene rings is 2. The zero-order chi connectivity index (χ0) is 21.0. The summed E-state index contributed by atoms with van der Waals surface area (Å²) >= 11 is 0. The Bertz CT molecular complexity index is 965. The van der Waals surface area contributed by atoms with E-state index in [-0.39, 0.29) is 17.1 Å². The van der Waals surface area contributed by atoms with Crippen LogP contribution in [-0.2, 0) is 26.1 Å². The summed E-state index contributed by atoms with van der Waals surface area (Å²) in [5, 5.41) is 0. The number of sulfonamides is 1. The minimum absolute atomic E-state index is 0.0572. The van der Waals surface area contributed by atoms with Gasteiger partial charge in [0, 0.05) is 27.2 Å². The van der Waals surface area contributed by atoms with Crippen molar-refractivity contribution in [2.45, 2.75) is 18.4 Å². The van der Waals surface area contributed by atoms with Crippen LogP contribution in [0.4, 0.5) is 5.69 Å². The van der Waals surface area contributed by atoms with Crippen LogP contribution in [0, 0.1) is 6.92 Å². The monoisotopic (exact) mass is 418 g/mol. The minimum atomic E-state index is -3.67. The van der Waals surface area contributed by atoms with Crippen molar-refractivity contribution in [3.05, 3.63) is 59.2 Å². The van der Waals surface area contributed by atoms with Gasteiger partial charge in [0.2, 0.25) is 10.0 Å². The van der Waals surface area contributed by atoms with Crippen molar-refractivity contribution in [2.24, 2.45) is 0 Å². The Morgan fingerprint density at radius 3 is 2.38 bits per heavy atom. The number of aryl methyl sites for hydroxylation is 1. The zero-order valence-electron chi connectivity index (χ0n) is 16.9. The van der Waals surface area contributed by atoms with Crippen molar-refractivity contribution in [3.8, 4) is 0 Å². The Balaban J connectivity index is 1.91. The molecule has 2 aromatic carbocycles. The lowest BCUT2D eigenvalue weighted by Gasteiger charge is -2.30. The van der Waals surface area contributed by atoms with Crippen molar-refractivity contribution in [1.29, 1.82) is 0 Å². The van der Waals surface area contributed by atoms with Crippen LogP contribution in [0.2, 0.25) is 0 Å². The zero-order valence-corrected chi connectivity index (χ0v) is 17.7. The maximum Gasteiger partial charge on any atom is 0.340 e. The van der Waals surface area contributed by atoms with E-state index in [2.05, 4.69) is 0 Å². The predicted octanol–water partition coefficient (Wildman–Crippen LogP) is 2.44. The Morgan fingerprint density at radius 1 is 1.10 bits per heavy atom. The molecule has 7 nitrogen and oxygen atoms in total. The van der Waals surface area contributed by atoms with Crippen molar-refractivity contribution < 1.29 is 22.7 Å². The van der Waals surface area contributed by atoms with E-state index < -0.39 is 16.0 Å². The molecule has 29 heavy (non-hydrogen) atoms. The molecule has 0 amide bonds. The second-order valence-electron chi connectivity index (χ2n) is 7.13. The van der Waals surface area contributed by atoms with Crippen LogP contribution in [0.25, 0.3) is 0 Å². The Morgan fingerprint density at radius 2 is 1.76 bits per heavy atom. The van der Waals surface area contributed by atoms with Gasteiger partial charge in [-0.15, -0.1) is 0 Å². The Hall–Kier alpha value is -2.42. The lowest BCUT2D eigenvalue weighted by Crippen LogP contribution is -2.37. The standard InChI is InChI=1S/C21H26N2O5S/c1-16-4-6-17(7-5-16)15-28-21(24)19-14-18(29(25,26)22(2)3)8-9-20(19)23-10-12-27-13-11-23/h4-9,14H,10-13,15H2,1-3H3. The highest BCUT2D eigenvalue weighted by atomic mass is 32.2. The molecule has 1 saturated heterocycles. The van der Waals surface area contributed by atoms with E-state index in [0.29, 0.717) is 32.0 Å². The molecule has 2 aromatic rings. The van der Waals surface area contributed by atoms with Gasteiger partial charge in [-0.2, -0.15) is 0 Å². The fraction of sp³-hybridized carbons (Fsp3) is 0.381. The number of esters is 1. The van der Waals surface area contributed by atoms with Crippen LogP contribution in [0.15, 0.2) is 47.4 Å². The van der Waals surface area contributed by atoms with E-state index in [9.17, 15) is 13.2 Å². The van der Waals surface area contributed by atoms with Gasteiger partial charge in [0.05, 0.1) is 29.4 Å². The van der Waals surface area contributed by atoms with E-state index >= 15 is 0 Å². The second-order valence-corrected chi connectivity index (χ2v) is 9.28. The summed E-state index contributed by atoms with van der Waals surface area (Å²) in [7, 11) is -0.752. The van der Waals surface area contributed by atoms with Crippen LogP contribution in [-0.4, -0.2) is 59.1 Å². The third kappa shape index (κ3) is 4.95. The van der Waals surface area contributed by atoms with E-state index in [1.807, 2.05) is 36.1 Å². The summed E-state index contributed by atoms with van der Waals surface area (Å²) in [5.41, 5.74) is 2.88. The number of hydrogen-bond acceptors (Lipinski definition) is 6. The van der Waals surface area contributed by atoms with E-state index in [4.69, 9.17) is 9.47 Å². The van der Waals surface area contributed by atoms with Gasteiger partial charge < -0.3 is 14.4 Å². The molecule has 1 aliphatic heterocycles. The predicted molar refractivity (Wildman–Crippen MR) is 111 cm³/mol. The molecule has 1 fully saturated rings. The van der Waals surface area contributed by atoms with Crippen molar-refractivity contribution in [2.75, 3.05) is 45.3 Å². The molecule has 0 saturated carbocycles. The molecule has 0 spiro atoms. The number of nitrogens with zero attached hydrogens (tertiary/aromatic N) is 2. The van der Waals surface area contributed by atoms with Gasteiger partial charge in [-0.25, -0.2) is 17.5 Å². The summed E-state index contributed by atoms with van der Waals surface area (Å²) in [5.74, 6) is -0.553. The summed E-state index contributed by atoms with van der Waals surface area (Å²) < 4.78 is 37.1. The van der Waals surface area contributed by atoms with E-state index in [0.717, 1.165) is 15.4 Å². The lowest BCUT2D eigenvalue weighted by molar-refractivity contribution is 0.0472. The minimum Gasteiger partial charge on any atom is -0.457 e. The van der Waals surface area contributed by atoms with Gasteiger partial charge >= 0.3 is 5.97 Å². The Labute approximate surface area is 171 Å². The van der Waals surface area contributed by atoms with Gasteiger partial charge in [-0.1, -0.05) is 29.8 Å². The van der Waals surface area contributed by atoms with Crippen molar-refractivity contribution >= 4 is 21.7 Å². The summed E-state index contributed by atoms with van der Waals surface area (Å²) in [6.45, 7) is 4.45. The molecular weight excluding hydrogens is 392 g/mol. The topological polar surface area (TPSA) is 76.2 Å². The van der Waals surface area contributed by atoms with Crippen LogP contribution < -0.4 is 4.90 Å². The van der Waals surface area contributed by atoms with Gasteiger partial charge in [0.1, 0.15) is 6.61 Å². The fourth-order valence-corrected chi connectivity index (χ4v) is 3.97. The number of carbonyl (C=O) groups excluding carboxylic acids is 1. The molecule has 0 atom stereocenters. The molecular formula is C21H26N2O5S. The van der Waals surface area contributed by atoms with Crippen LogP contribution in [0.1, 0.15) is 21.5 Å². The molecule has 1 aliphatic rings. The summed E-state index contributed by atoms with van der Waals surface area (Å²) in [6.07, 6.45) is 0. The molecule has 156 valence electrons. The number of carbonyl (C=O) groups is 1. The molecule has 0 bridgehead atoms. The summed E-state index contributed by atoms with van der Waals surface area (Å²) in [4.78, 5) is 15.0. The first-order valence-corrected chi connectivity index (χ1v) is 10.8. The average Bonchev–Trinajstić information content (AvgIpc) is 2.73. The van der Waals surface area contributed by atoms with Gasteiger partial charge in [0.15, 0.2) is 0 Å². The molecule has 1 heterocycles. The summed E-state index contributed by atoms with van der Waals surface area (Å²) in [6, 6.07) is 12.3. The average molecular weight is 419 g/mol. The maximum absolute atomic E-state index is 12.9. The SMILES string of the molecule is Cc1ccc(COC(=O)c2cc(S(=O)(=O)N(C)C)ccc2N2CCOCC2)cc1. The molecule has 3 rings (SSSR count). The highest BCUT2D eigenvalue weighted by Gasteiger charge is 2.25. The van der Waals surface area contributed by atoms with Gasteiger partial charge in [-0.05, 0) is 30.7 Å². The third-order valence-corrected chi connectivity index (χ3v) is 6.62. The van der Waals surface area contributed by atoms with Crippen LogP contribution in [0.5, 0.6) is 0 Å². The number of anilines is 1. The first kappa shape index (κ1) is 21.3. The first-order valence-electron chi connectivity index (χ1n) is 9.41. The lowest BCUT2D eigenvalue weighted by atomic mass is 10.1. The van der Waals surface area contributed by atoms with Crippen molar-refractivity contribution in [1.82, 2.24) is 4.31 Å². The largest absolute Gasteiger partial charge is 0.457 e. The van der Waals surface area contributed by atoms with Gasteiger partial charge in [0.25, 0.3) is 0 Å². The quantitative estimate of drug-likeness (QED) is 0.671. The van der Waals surface area contributed by atoms with E-state index in [1.54, 1.807) is 6.07 Å². The number of morpholine rings is 1. The van der Waals surface area contributed by atoms with E-state index in [1.165, 1.54) is 26.2 Å². The molecule has 0 unspecified atom stereocenters. The molecule has 0 aliphatic carbocycles. The second kappa shape index (κ2) is 8.94. The highest BCUT2D eigenvalue weighted by molar-refractivity contribution is 7.89. The highest BCUT2D eigenvalue weighted by Crippen LogP contribution is 2.27. The number of hydrogen-bond donors (Lipinski definition) is 0. The Kier molecular flexibility index (Phi) is 6.56. The van der Waals surface area contributed by atoms with Crippen LogP contribution in [0.3, 0.4) is 0 Å². The molecule has 0 radical (unpaired) electrons. The van der Waals surface area contributed by atoms with Gasteiger partial charge in [-0.3, -0.25) is 0 Å². The molecule has 0 aromatic heterocycles. The normalized spacial score (nSPS) is 14.8. The first-order chi connectivity index (χ1) is 13.8. The molecule has 0 N–H and O–H groups in total.